The van der Waals surface area contributed by atoms with E-state index >= 15 is 0 Å². The molecule has 0 spiro atoms. The Morgan fingerprint density at radius 1 is 1.26 bits per heavy atom. The van der Waals surface area contributed by atoms with Gasteiger partial charge in [0.1, 0.15) is 5.82 Å². The van der Waals surface area contributed by atoms with Gasteiger partial charge in [-0.25, -0.2) is 13.8 Å². The highest BCUT2D eigenvalue weighted by atomic mass is 35.5. The minimum atomic E-state index is -0.736. The van der Waals surface area contributed by atoms with Gasteiger partial charge >= 0.3 is 5.97 Å². The van der Waals surface area contributed by atoms with Gasteiger partial charge in [0.25, 0.3) is 0 Å². The SMILES string of the molecule is CC1C[C@H](C(=O)O)CCN1Cc1cccc(Cl)c1F.Cc1cc(C)c(F)c(Nc2cc(C)[nH]n2)n1. The molecule has 1 aliphatic heterocycles. The Hall–Kier alpha value is -3.04. The number of piperidine rings is 1. The van der Waals surface area contributed by atoms with E-state index in [-0.39, 0.29) is 34.4 Å². The van der Waals surface area contributed by atoms with Crippen molar-refractivity contribution < 1.29 is 18.7 Å². The summed E-state index contributed by atoms with van der Waals surface area (Å²) in [4.78, 5) is 17.2. The van der Waals surface area contributed by atoms with Crippen LogP contribution in [-0.4, -0.2) is 43.7 Å². The van der Waals surface area contributed by atoms with Crippen LogP contribution in [0.25, 0.3) is 0 Å². The van der Waals surface area contributed by atoms with Crippen molar-refractivity contribution in [3.05, 3.63) is 69.5 Å². The molecule has 0 amide bonds. The molecule has 0 bridgehead atoms. The van der Waals surface area contributed by atoms with Gasteiger partial charge in [-0.05, 0) is 64.8 Å². The number of H-pyrrole nitrogens is 1. The van der Waals surface area contributed by atoms with Gasteiger partial charge in [-0.3, -0.25) is 14.8 Å². The van der Waals surface area contributed by atoms with Crippen LogP contribution in [0.4, 0.5) is 20.4 Å². The summed E-state index contributed by atoms with van der Waals surface area (Å²) in [6, 6.07) is 8.61. The summed E-state index contributed by atoms with van der Waals surface area (Å²) >= 11 is 5.76. The number of hydrogen-bond acceptors (Lipinski definition) is 5. The Balaban J connectivity index is 0.000000198. The molecule has 35 heavy (non-hydrogen) atoms. The number of likely N-dealkylation sites (tertiary alicyclic amines) is 1. The molecule has 188 valence electrons. The maximum Gasteiger partial charge on any atom is 0.306 e. The molecule has 1 saturated heterocycles. The van der Waals surface area contributed by atoms with E-state index in [1.54, 1.807) is 31.2 Å². The number of aromatic nitrogens is 3. The van der Waals surface area contributed by atoms with Crippen LogP contribution >= 0.6 is 11.6 Å². The monoisotopic (exact) mass is 505 g/mol. The lowest BCUT2D eigenvalue weighted by Gasteiger charge is -2.36. The summed E-state index contributed by atoms with van der Waals surface area (Å²) in [6.45, 7) is 8.55. The number of aryl methyl sites for hydroxylation is 3. The first-order chi connectivity index (χ1) is 16.5. The molecule has 2 atom stereocenters. The second-order valence-corrected chi connectivity index (χ2v) is 9.30. The highest BCUT2D eigenvalue weighted by molar-refractivity contribution is 6.30. The fraction of sp³-hybridized carbons (Fsp3) is 0.400. The fourth-order valence-corrected chi connectivity index (χ4v) is 4.27. The summed E-state index contributed by atoms with van der Waals surface area (Å²) in [7, 11) is 0. The third kappa shape index (κ3) is 6.99. The van der Waals surface area contributed by atoms with E-state index in [1.165, 1.54) is 6.07 Å². The van der Waals surface area contributed by atoms with E-state index < -0.39 is 5.97 Å². The molecule has 0 aliphatic carbocycles. The van der Waals surface area contributed by atoms with Gasteiger partial charge < -0.3 is 10.4 Å². The van der Waals surface area contributed by atoms with Gasteiger partial charge in [-0.1, -0.05) is 23.7 Å². The van der Waals surface area contributed by atoms with E-state index in [1.807, 2.05) is 20.8 Å². The number of aromatic amines is 1. The van der Waals surface area contributed by atoms with E-state index in [0.29, 0.717) is 42.9 Å². The zero-order valence-corrected chi connectivity index (χ0v) is 21.0. The molecule has 10 heteroatoms. The topological polar surface area (TPSA) is 94.1 Å². The van der Waals surface area contributed by atoms with Crippen LogP contribution in [-0.2, 0) is 11.3 Å². The normalized spacial score (nSPS) is 18.0. The van der Waals surface area contributed by atoms with E-state index in [0.717, 1.165) is 11.4 Å². The average molecular weight is 506 g/mol. The quantitative estimate of drug-likeness (QED) is 0.407. The van der Waals surface area contributed by atoms with Crippen molar-refractivity contribution in [2.45, 2.75) is 53.1 Å². The molecule has 4 rings (SSSR count). The third-order valence-electron chi connectivity index (χ3n) is 5.99. The molecule has 3 aromatic rings. The van der Waals surface area contributed by atoms with Crippen LogP contribution in [0.2, 0.25) is 5.02 Å². The average Bonchev–Trinajstić information content (AvgIpc) is 3.21. The summed E-state index contributed by atoms with van der Waals surface area (Å²) in [5.74, 6) is -0.961. The number of rotatable bonds is 5. The number of nitrogens with zero attached hydrogens (tertiary/aromatic N) is 3. The van der Waals surface area contributed by atoms with Gasteiger partial charge in [0, 0.05) is 35.6 Å². The summed E-state index contributed by atoms with van der Waals surface area (Å²) in [5.41, 5.74) is 2.82. The Morgan fingerprint density at radius 2 is 2.00 bits per heavy atom. The van der Waals surface area contributed by atoms with Crippen LogP contribution in [0.3, 0.4) is 0 Å². The molecule has 7 nitrogen and oxygen atoms in total. The summed E-state index contributed by atoms with van der Waals surface area (Å²) < 4.78 is 27.5. The van der Waals surface area contributed by atoms with Gasteiger partial charge in [0.2, 0.25) is 0 Å². The second kappa shape index (κ2) is 11.6. The van der Waals surface area contributed by atoms with Gasteiger partial charge in [0.15, 0.2) is 17.5 Å². The zero-order chi connectivity index (χ0) is 25.7. The van der Waals surface area contributed by atoms with Crippen LogP contribution in [0, 0.1) is 38.3 Å². The highest BCUT2D eigenvalue weighted by Crippen LogP contribution is 2.26. The lowest BCUT2D eigenvalue weighted by atomic mass is 9.91. The minimum Gasteiger partial charge on any atom is -0.481 e. The van der Waals surface area contributed by atoms with Crippen molar-refractivity contribution in [1.29, 1.82) is 0 Å². The standard InChI is InChI=1S/C14H17ClFNO2.C11H13FN4/c1-9-7-10(14(18)19)5-6-17(9)8-11-3-2-4-12(15)13(11)16;1-6-4-7(2)13-11(10(6)12)14-9-5-8(3)15-16-9/h2-4,9-10H,5-8H2,1H3,(H,18,19);4-5H,1-3H3,(H2,13,14,15,16)/t9?,10-;/m1./s1. The summed E-state index contributed by atoms with van der Waals surface area (Å²) in [5, 5.41) is 18.7. The molecule has 1 aromatic carbocycles. The molecular weight excluding hydrogens is 476 g/mol. The highest BCUT2D eigenvalue weighted by Gasteiger charge is 2.30. The smallest absolute Gasteiger partial charge is 0.306 e. The fourth-order valence-electron chi connectivity index (χ4n) is 4.08. The molecule has 0 saturated carbocycles. The first kappa shape index (κ1) is 26.6. The zero-order valence-electron chi connectivity index (χ0n) is 20.2. The van der Waals surface area contributed by atoms with Crippen LogP contribution in [0.15, 0.2) is 30.3 Å². The van der Waals surface area contributed by atoms with Gasteiger partial charge in [0.05, 0.1) is 10.9 Å². The number of aliphatic carboxylic acids is 1. The maximum atomic E-state index is 13.8. The number of hydrogen-bond donors (Lipinski definition) is 3. The lowest BCUT2D eigenvalue weighted by molar-refractivity contribution is -0.144. The number of carboxylic acids is 1. The number of pyridine rings is 1. The molecule has 3 N–H and O–H groups in total. The van der Waals surface area contributed by atoms with Gasteiger partial charge in [-0.2, -0.15) is 5.10 Å². The third-order valence-corrected chi connectivity index (χ3v) is 6.28. The number of carboxylic acid groups (broad SMARTS) is 1. The second-order valence-electron chi connectivity index (χ2n) is 8.90. The molecule has 0 radical (unpaired) electrons. The lowest BCUT2D eigenvalue weighted by Crippen LogP contribution is -2.42. The van der Waals surface area contributed by atoms with Crippen molar-refractivity contribution in [3.8, 4) is 0 Å². The largest absolute Gasteiger partial charge is 0.481 e. The molecule has 1 aliphatic rings. The number of nitrogens with one attached hydrogen (secondary N) is 2. The maximum absolute atomic E-state index is 13.8. The van der Waals surface area contributed by atoms with Crippen molar-refractivity contribution in [2.24, 2.45) is 5.92 Å². The number of carbonyl (C=O) groups is 1. The Bertz CT molecular complexity index is 1190. The number of benzene rings is 1. The van der Waals surface area contributed by atoms with E-state index in [4.69, 9.17) is 16.7 Å². The summed E-state index contributed by atoms with van der Waals surface area (Å²) in [6.07, 6.45) is 1.22. The number of halogens is 3. The van der Waals surface area contributed by atoms with Crippen molar-refractivity contribution in [1.82, 2.24) is 20.1 Å². The first-order valence-corrected chi connectivity index (χ1v) is 11.8. The van der Waals surface area contributed by atoms with E-state index in [2.05, 4.69) is 25.4 Å². The van der Waals surface area contributed by atoms with Crippen LogP contribution in [0.5, 0.6) is 0 Å². The molecule has 3 heterocycles. The molecule has 1 unspecified atom stereocenters. The van der Waals surface area contributed by atoms with Crippen LogP contribution in [0.1, 0.15) is 42.3 Å². The van der Waals surface area contributed by atoms with Crippen molar-refractivity contribution in [3.63, 3.8) is 0 Å². The van der Waals surface area contributed by atoms with Crippen LogP contribution < -0.4 is 5.32 Å². The molecule has 2 aromatic heterocycles. The first-order valence-electron chi connectivity index (χ1n) is 11.4. The van der Waals surface area contributed by atoms with Gasteiger partial charge in [-0.15, -0.1) is 0 Å². The van der Waals surface area contributed by atoms with Crippen molar-refractivity contribution >= 4 is 29.2 Å². The van der Waals surface area contributed by atoms with Crippen molar-refractivity contribution in [2.75, 3.05) is 11.9 Å². The molecular formula is C25H30ClF2N5O2. The Morgan fingerprint density at radius 3 is 2.63 bits per heavy atom. The Labute approximate surface area is 208 Å². The minimum absolute atomic E-state index is 0.130. The molecule has 1 fully saturated rings. The Kier molecular flexibility index (Phi) is 8.80. The predicted molar refractivity (Wildman–Crippen MR) is 132 cm³/mol. The van der Waals surface area contributed by atoms with E-state index in [9.17, 15) is 13.6 Å². The number of anilines is 2. The predicted octanol–water partition coefficient (Wildman–Crippen LogP) is 5.78.